The zero-order chi connectivity index (χ0) is 20.2. The van der Waals surface area contributed by atoms with Crippen molar-refractivity contribution in [3.8, 4) is 0 Å². The highest BCUT2D eigenvalue weighted by molar-refractivity contribution is 8.20. The van der Waals surface area contributed by atoms with Crippen molar-refractivity contribution in [2.75, 3.05) is 6.61 Å². The lowest BCUT2D eigenvalue weighted by Crippen LogP contribution is -2.43. The molecule has 0 radical (unpaired) electrons. The molecule has 1 amide bonds. The molecule has 0 saturated carbocycles. The highest BCUT2D eigenvalue weighted by atomic mass is 32.3. The number of benzene rings is 1. The summed E-state index contributed by atoms with van der Waals surface area (Å²) in [4.78, 5) is 12.4. The van der Waals surface area contributed by atoms with Crippen LogP contribution in [0.15, 0.2) is 29.2 Å². The van der Waals surface area contributed by atoms with E-state index in [-0.39, 0.29) is 12.0 Å². The Bertz CT molecular complexity index is 587. The first-order chi connectivity index (χ1) is 11.7. The molecule has 0 spiro atoms. The fourth-order valence-corrected chi connectivity index (χ4v) is 3.31. The average Bonchev–Trinajstić information content (AvgIpc) is 2.41. The van der Waals surface area contributed by atoms with Gasteiger partial charge in [-0.1, -0.05) is 38.5 Å². The Morgan fingerprint density at radius 3 is 2.12 bits per heavy atom. The van der Waals surface area contributed by atoms with Crippen LogP contribution < -0.4 is 5.32 Å². The Hall–Kier alpha value is -1.28. The second kappa shape index (κ2) is 8.61. The van der Waals surface area contributed by atoms with Gasteiger partial charge in [-0.25, -0.2) is 4.79 Å². The minimum absolute atomic E-state index is 0.0350. The number of carbonyl (C=O) groups excluding carboxylic acids is 1. The summed E-state index contributed by atoms with van der Waals surface area (Å²) in [7, 11) is -3.39. The predicted molar refractivity (Wildman–Crippen MR) is 105 cm³/mol. The van der Waals surface area contributed by atoms with Crippen molar-refractivity contribution >= 4 is 17.0 Å². The van der Waals surface area contributed by atoms with E-state index in [0.717, 1.165) is 5.56 Å². The van der Waals surface area contributed by atoms with Gasteiger partial charge < -0.3 is 19.2 Å². The van der Waals surface area contributed by atoms with Gasteiger partial charge in [0.2, 0.25) is 0 Å². The molecule has 0 heterocycles. The van der Waals surface area contributed by atoms with Crippen molar-refractivity contribution in [2.45, 2.75) is 71.4 Å². The number of hydrogen-bond donors (Lipinski definition) is 3. The minimum atomic E-state index is -3.39. The average molecular weight is 388 g/mol. The molecule has 150 valence electrons. The highest BCUT2D eigenvalue weighted by Crippen LogP contribution is 2.49. The largest absolute Gasteiger partial charge is 0.444 e. The van der Waals surface area contributed by atoms with Gasteiger partial charge in [0.15, 0.2) is 0 Å². The molecule has 0 saturated heterocycles. The van der Waals surface area contributed by atoms with Crippen LogP contribution in [0.5, 0.6) is 0 Å². The molecular formula is C19H33NO5S. The Morgan fingerprint density at radius 1 is 1.12 bits per heavy atom. The fraction of sp³-hybridized carbons (Fsp3) is 0.632. The SMILES string of the molecule is Cc1ccc(S(O)(O)OCC(CC(C)(C)C)NC(=O)OC(C)(C)C)cc1. The first-order valence-corrected chi connectivity index (χ1v) is 10.1. The minimum Gasteiger partial charge on any atom is -0.444 e. The van der Waals surface area contributed by atoms with Crippen LogP contribution >= 0.6 is 10.9 Å². The number of amides is 1. The first kappa shape index (κ1) is 22.8. The van der Waals surface area contributed by atoms with Crippen molar-refractivity contribution < 1.29 is 22.8 Å². The first-order valence-electron chi connectivity index (χ1n) is 8.67. The molecule has 0 aliphatic rings. The summed E-state index contributed by atoms with van der Waals surface area (Å²) in [5.41, 5.74) is 0.318. The van der Waals surface area contributed by atoms with Gasteiger partial charge in [0.25, 0.3) is 0 Å². The van der Waals surface area contributed by atoms with E-state index in [9.17, 15) is 13.9 Å². The summed E-state index contributed by atoms with van der Waals surface area (Å²) >= 11 is 0. The van der Waals surface area contributed by atoms with E-state index in [0.29, 0.717) is 11.3 Å². The van der Waals surface area contributed by atoms with Gasteiger partial charge >= 0.3 is 6.09 Å². The normalized spacial score (nSPS) is 14.7. The van der Waals surface area contributed by atoms with Gasteiger partial charge in [-0.3, -0.25) is 4.18 Å². The monoisotopic (exact) mass is 387 g/mol. The lowest BCUT2D eigenvalue weighted by atomic mass is 9.88. The van der Waals surface area contributed by atoms with E-state index in [1.165, 1.54) is 0 Å². The molecule has 1 atom stereocenters. The molecular weight excluding hydrogens is 354 g/mol. The highest BCUT2D eigenvalue weighted by Gasteiger charge is 2.28. The summed E-state index contributed by atoms with van der Waals surface area (Å²) in [5, 5.41) is 2.77. The quantitative estimate of drug-likeness (QED) is 0.611. The number of nitrogens with one attached hydrogen (secondary N) is 1. The summed E-state index contributed by atoms with van der Waals surface area (Å²) in [6.07, 6.45) is 0.0394. The fourth-order valence-electron chi connectivity index (χ4n) is 2.33. The van der Waals surface area contributed by atoms with Gasteiger partial charge in [0, 0.05) is 0 Å². The van der Waals surface area contributed by atoms with Gasteiger partial charge in [-0.05, 0) is 51.7 Å². The van der Waals surface area contributed by atoms with Crippen molar-refractivity contribution in [3.05, 3.63) is 29.8 Å². The van der Waals surface area contributed by atoms with Crippen LogP contribution in [0.4, 0.5) is 4.79 Å². The van der Waals surface area contributed by atoms with Gasteiger partial charge in [0.05, 0.1) is 17.5 Å². The molecule has 0 aliphatic carbocycles. The predicted octanol–water partition coefficient (Wildman–Crippen LogP) is 5.37. The molecule has 1 aromatic carbocycles. The number of hydrogen-bond acceptors (Lipinski definition) is 5. The van der Waals surface area contributed by atoms with Crippen LogP contribution in [0.3, 0.4) is 0 Å². The molecule has 0 aliphatic heterocycles. The summed E-state index contributed by atoms with van der Waals surface area (Å²) < 4.78 is 31.3. The lowest BCUT2D eigenvalue weighted by Gasteiger charge is -2.32. The Balaban J connectivity index is 2.78. The molecule has 1 rings (SSSR count). The second-order valence-electron chi connectivity index (χ2n) is 8.70. The van der Waals surface area contributed by atoms with Gasteiger partial charge in [-0.2, -0.15) is 0 Å². The summed E-state index contributed by atoms with van der Waals surface area (Å²) in [6, 6.07) is 6.42. The molecule has 0 bridgehead atoms. The molecule has 7 heteroatoms. The summed E-state index contributed by atoms with van der Waals surface area (Å²) in [5.74, 6) is 0. The number of rotatable bonds is 6. The van der Waals surface area contributed by atoms with E-state index in [1.807, 2.05) is 27.7 Å². The molecule has 26 heavy (non-hydrogen) atoms. The molecule has 1 unspecified atom stereocenters. The number of aryl methyl sites for hydroxylation is 1. The van der Waals surface area contributed by atoms with Crippen LogP contribution in [0.25, 0.3) is 0 Å². The molecule has 0 fully saturated rings. The number of ether oxygens (including phenoxy) is 1. The van der Waals surface area contributed by atoms with Crippen LogP contribution in [-0.4, -0.2) is 33.4 Å². The van der Waals surface area contributed by atoms with E-state index >= 15 is 0 Å². The third-order valence-corrected chi connectivity index (χ3v) is 4.69. The number of carbonyl (C=O) groups is 1. The van der Waals surface area contributed by atoms with Crippen LogP contribution in [0.2, 0.25) is 0 Å². The van der Waals surface area contributed by atoms with Gasteiger partial charge in [0.1, 0.15) is 16.5 Å². The maximum Gasteiger partial charge on any atom is 0.407 e. The second-order valence-corrected chi connectivity index (χ2v) is 10.4. The topological polar surface area (TPSA) is 88.0 Å². The smallest absolute Gasteiger partial charge is 0.407 e. The van der Waals surface area contributed by atoms with Crippen molar-refractivity contribution in [2.24, 2.45) is 5.41 Å². The zero-order valence-corrected chi connectivity index (χ0v) is 17.6. The molecule has 3 N–H and O–H groups in total. The van der Waals surface area contributed by atoms with Gasteiger partial charge in [-0.15, -0.1) is 0 Å². The summed E-state index contributed by atoms with van der Waals surface area (Å²) in [6.45, 7) is 13.4. The molecule has 6 nitrogen and oxygen atoms in total. The third kappa shape index (κ3) is 8.89. The zero-order valence-electron chi connectivity index (χ0n) is 16.8. The maximum absolute atomic E-state index is 12.1. The van der Waals surface area contributed by atoms with Crippen molar-refractivity contribution in [1.29, 1.82) is 0 Å². The number of alkyl carbamates (subject to hydrolysis) is 1. The van der Waals surface area contributed by atoms with E-state index < -0.39 is 28.6 Å². The Labute approximate surface area is 158 Å². The standard InChI is InChI=1S/C19H33NO5S/c1-14-8-10-16(11-9-14)26(22,23)24-13-15(12-18(2,3)4)20-17(21)25-19(5,6)7/h8-11,15,22-23H,12-13H2,1-7H3,(H,20,21). The Kier molecular flexibility index (Phi) is 7.53. The lowest BCUT2D eigenvalue weighted by molar-refractivity contribution is 0.0468. The van der Waals surface area contributed by atoms with E-state index in [4.69, 9.17) is 8.92 Å². The third-order valence-electron chi connectivity index (χ3n) is 3.34. The van der Waals surface area contributed by atoms with Crippen molar-refractivity contribution in [1.82, 2.24) is 5.32 Å². The van der Waals surface area contributed by atoms with Crippen LogP contribution in [-0.2, 0) is 8.92 Å². The van der Waals surface area contributed by atoms with Crippen LogP contribution in [0.1, 0.15) is 53.5 Å². The van der Waals surface area contributed by atoms with E-state index in [1.54, 1.807) is 45.0 Å². The van der Waals surface area contributed by atoms with Crippen molar-refractivity contribution in [3.63, 3.8) is 0 Å². The Morgan fingerprint density at radius 2 is 1.65 bits per heavy atom. The molecule has 0 aromatic heterocycles. The molecule has 1 aromatic rings. The van der Waals surface area contributed by atoms with Crippen LogP contribution in [0, 0.1) is 12.3 Å². The maximum atomic E-state index is 12.1. The van der Waals surface area contributed by atoms with E-state index in [2.05, 4.69) is 5.32 Å².